The molecule has 138 valence electrons. The van der Waals surface area contributed by atoms with Crippen molar-refractivity contribution >= 4 is 17.9 Å². The Hall–Kier alpha value is -2.97. The van der Waals surface area contributed by atoms with Gasteiger partial charge in [0.2, 0.25) is 0 Å². The lowest BCUT2D eigenvalue weighted by Crippen LogP contribution is -2.45. The molecule has 3 N–H and O–H groups in total. The highest BCUT2D eigenvalue weighted by molar-refractivity contribution is 5.99. The quantitative estimate of drug-likeness (QED) is 0.702. The van der Waals surface area contributed by atoms with E-state index in [0.29, 0.717) is 5.75 Å². The van der Waals surface area contributed by atoms with Gasteiger partial charge in [0.15, 0.2) is 17.6 Å². The number of esters is 1. The Morgan fingerprint density at radius 2 is 1.48 bits per heavy atom. The molecule has 0 bridgehead atoms. The second kappa shape index (κ2) is 8.76. The molecule has 0 spiro atoms. The molecule has 3 amide bonds. The average Bonchev–Trinajstić information content (AvgIpc) is 2.56. The fourth-order valence-corrected chi connectivity index (χ4v) is 2.05. The predicted octanol–water partition coefficient (Wildman–Crippen LogP) is 1.09. The zero-order chi connectivity index (χ0) is 19.1. The Labute approximate surface area is 145 Å². The molecule has 0 aliphatic rings. The molecule has 0 aliphatic heterocycles. The summed E-state index contributed by atoms with van der Waals surface area (Å²) in [5, 5.41) is 1.90. The number of urea groups is 1. The van der Waals surface area contributed by atoms with Crippen molar-refractivity contribution in [2.75, 3.05) is 21.3 Å². The second-order valence-corrected chi connectivity index (χ2v) is 5.33. The SMILES string of the molecule is COc1cc(OC)c(C(=O)O[C@H](C(=O)NC(N)=O)C(C)C)cc1OC. The molecule has 25 heavy (non-hydrogen) atoms. The molecule has 1 aromatic rings. The van der Waals surface area contributed by atoms with Crippen LogP contribution in [0.5, 0.6) is 17.2 Å². The van der Waals surface area contributed by atoms with Gasteiger partial charge in [-0.3, -0.25) is 10.1 Å². The smallest absolute Gasteiger partial charge is 0.342 e. The van der Waals surface area contributed by atoms with Gasteiger partial charge in [-0.05, 0) is 5.92 Å². The van der Waals surface area contributed by atoms with Crippen molar-refractivity contribution < 1.29 is 33.3 Å². The number of carbonyl (C=O) groups is 3. The molecular weight excluding hydrogens is 332 g/mol. The largest absolute Gasteiger partial charge is 0.496 e. The van der Waals surface area contributed by atoms with E-state index in [1.165, 1.54) is 33.5 Å². The lowest BCUT2D eigenvalue weighted by Gasteiger charge is -2.21. The van der Waals surface area contributed by atoms with Gasteiger partial charge in [0.1, 0.15) is 11.3 Å². The molecular formula is C16H22N2O7. The highest BCUT2D eigenvalue weighted by atomic mass is 16.6. The summed E-state index contributed by atoms with van der Waals surface area (Å²) in [7, 11) is 4.23. The first-order valence-corrected chi connectivity index (χ1v) is 7.36. The number of ether oxygens (including phenoxy) is 4. The molecule has 0 radical (unpaired) electrons. The van der Waals surface area contributed by atoms with E-state index >= 15 is 0 Å². The zero-order valence-corrected chi connectivity index (χ0v) is 14.7. The van der Waals surface area contributed by atoms with Crippen LogP contribution in [0.15, 0.2) is 12.1 Å². The van der Waals surface area contributed by atoms with Gasteiger partial charge in [-0.2, -0.15) is 0 Å². The van der Waals surface area contributed by atoms with Gasteiger partial charge in [-0.15, -0.1) is 0 Å². The highest BCUT2D eigenvalue weighted by Crippen LogP contribution is 2.35. The molecule has 1 rings (SSSR count). The number of carbonyl (C=O) groups excluding carboxylic acids is 3. The first-order chi connectivity index (χ1) is 11.7. The van der Waals surface area contributed by atoms with Gasteiger partial charge >= 0.3 is 12.0 Å². The molecule has 0 unspecified atom stereocenters. The van der Waals surface area contributed by atoms with Gasteiger partial charge in [-0.25, -0.2) is 9.59 Å². The van der Waals surface area contributed by atoms with E-state index in [2.05, 4.69) is 0 Å². The minimum atomic E-state index is -1.21. The molecule has 0 fully saturated rings. The zero-order valence-electron chi connectivity index (χ0n) is 14.7. The molecule has 0 saturated carbocycles. The number of hydrogen-bond donors (Lipinski definition) is 2. The molecule has 9 nitrogen and oxygen atoms in total. The summed E-state index contributed by atoms with van der Waals surface area (Å²) in [5.74, 6) is -1.19. The third-order valence-electron chi connectivity index (χ3n) is 3.27. The molecule has 9 heteroatoms. The van der Waals surface area contributed by atoms with Crippen molar-refractivity contribution in [3.8, 4) is 17.2 Å². The van der Waals surface area contributed by atoms with E-state index in [9.17, 15) is 14.4 Å². The van der Waals surface area contributed by atoms with E-state index in [1.807, 2.05) is 5.32 Å². The molecule has 1 aromatic carbocycles. The van der Waals surface area contributed by atoms with Crippen molar-refractivity contribution in [3.63, 3.8) is 0 Å². The Kier molecular flexibility index (Phi) is 7.04. The number of imide groups is 1. The van der Waals surface area contributed by atoms with Crippen LogP contribution < -0.4 is 25.3 Å². The number of nitrogens with two attached hydrogens (primary N) is 1. The molecule has 0 saturated heterocycles. The number of benzene rings is 1. The van der Waals surface area contributed by atoms with Crippen molar-refractivity contribution in [1.82, 2.24) is 5.32 Å². The minimum absolute atomic E-state index is 0.0395. The van der Waals surface area contributed by atoms with E-state index in [1.54, 1.807) is 13.8 Å². The summed E-state index contributed by atoms with van der Waals surface area (Å²) >= 11 is 0. The van der Waals surface area contributed by atoms with Crippen molar-refractivity contribution in [3.05, 3.63) is 17.7 Å². The van der Waals surface area contributed by atoms with Crippen LogP contribution in [-0.2, 0) is 9.53 Å². The van der Waals surface area contributed by atoms with E-state index in [0.717, 1.165) is 0 Å². The van der Waals surface area contributed by atoms with Gasteiger partial charge in [0.05, 0.1) is 21.3 Å². The van der Waals surface area contributed by atoms with Crippen LogP contribution in [-0.4, -0.2) is 45.3 Å². The lowest BCUT2D eigenvalue weighted by atomic mass is 10.1. The molecule has 1 atom stereocenters. The minimum Gasteiger partial charge on any atom is -0.496 e. The topological polar surface area (TPSA) is 126 Å². The summed E-state index contributed by atoms with van der Waals surface area (Å²) in [6.07, 6.45) is -1.21. The fraction of sp³-hybridized carbons (Fsp3) is 0.438. The Bertz CT molecular complexity index is 658. The maximum absolute atomic E-state index is 12.5. The number of rotatable bonds is 7. The van der Waals surface area contributed by atoms with Gasteiger partial charge in [-0.1, -0.05) is 13.8 Å². The molecule has 0 aliphatic carbocycles. The lowest BCUT2D eigenvalue weighted by molar-refractivity contribution is -0.130. The first-order valence-electron chi connectivity index (χ1n) is 7.36. The number of methoxy groups -OCH3 is 3. The highest BCUT2D eigenvalue weighted by Gasteiger charge is 2.29. The van der Waals surface area contributed by atoms with E-state index in [4.69, 9.17) is 24.7 Å². The summed E-state index contributed by atoms with van der Waals surface area (Å²) < 4.78 is 20.7. The van der Waals surface area contributed by atoms with Crippen LogP contribution in [0.2, 0.25) is 0 Å². The summed E-state index contributed by atoms with van der Waals surface area (Å²) in [6.45, 7) is 3.31. The standard InChI is InChI=1S/C16H22N2O7/c1-8(2)13(14(19)18-16(17)21)25-15(20)9-6-11(23-4)12(24-5)7-10(9)22-3/h6-8,13H,1-5H3,(H3,17,18,19,21)/t13-/m0/s1. The number of nitrogens with one attached hydrogen (secondary N) is 1. The first kappa shape index (κ1) is 20.1. The summed E-state index contributed by atoms with van der Waals surface area (Å²) in [6, 6.07) is 1.81. The maximum Gasteiger partial charge on any atom is 0.342 e. The molecule has 0 aromatic heterocycles. The normalized spacial score (nSPS) is 11.4. The van der Waals surface area contributed by atoms with Gasteiger partial charge in [0, 0.05) is 12.1 Å². The maximum atomic E-state index is 12.5. The monoisotopic (exact) mass is 354 g/mol. The van der Waals surface area contributed by atoms with Crippen LogP contribution in [0.25, 0.3) is 0 Å². The number of hydrogen-bond acceptors (Lipinski definition) is 7. The Balaban J connectivity index is 3.16. The number of primary amides is 1. The summed E-state index contributed by atoms with van der Waals surface area (Å²) in [4.78, 5) is 35.3. The predicted molar refractivity (Wildman–Crippen MR) is 87.9 cm³/mol. The second-order valence-electron chi connectivity index (χ2n) is 5.33. The van der Waals surface area contributed by atoms with Crippen molar-refractivity contribution in [2.45, 2.75) is 20.0 Å². The van der Waals surface area contributed by atoms with Crippen molar-refractivity contribution in [1.29, 1.82) is 0 Å². The molecule has 0 heterocycles. The Morgan fingerprint density at radius 3 is 1.92 bits per heavy atom. The van der Waals surface area contributed by atoms with Crippen LogP contribution in [0.3, 0.4) is 0 Å². The fourth-order valence-electron chi connectivity index (χ4n) is 2.05. The van der Waals surface area contributed by atoms with Crippen LogP contribution >= 0.6 is 0 Å². The Morgan fingerprint density at radius 1 is 0.960 bits per heavy atom. The third-order valence-corrected chi connectivity index (χ3v) is 3.27. The average molecular weight is 354 g/mol. The van der Waals surface area contributed by atoms with Gasteiger partial charge in [0.25, 0.3) is 5.91 Å². The summed E-state index contributed by atoms with van der Waals surface area (Å²) in [5.41, 5.74) is 4.97. The number of amides is 3. The van der Waals surface area contributed by atoms with Crippen molar-refractivity contribution in [2.24, 2.45) is 11.7 Å². The third kappa shape index (κ3) is 5.00. The van der Waals surface area contributed by atoms with E-state index in [-0.39, 0.29) is 17.1 Å². The van der Waals surface area contributed by atoms with Crippen LogP contribution in [0.4, 0.5) is 4.79 Å². The van der Waals surface area contributed by atoms with Crippen LogP contribution in [0, 0.1) is 5.92 Å². The van der Waals surface area contributed by atoms with E-state index < -0.39 is 29.9 Å². The van der Waals surface area contributed by atoms with Crippen LogP contribution in [0.1, 0.15) is 24.2 Å². The van der Waals surface area contributed by atoms with Gasteiger partial charge < -0.3 is 24.7 Å².